The van der Waals surface area contributed by atoms with Crippen molar-refractivity contribution in [3.05, 3.63) is 30.1 Å². The van der Waals surface area contributed by atoms with Gasteiger partial charge in [-0.2, -0.15) is 0 Å². The van der Waals surface area contributed by atoms with Crippen LogP contribution in [0.4, 0.5) is 0 Å². The molecule has 0 bridgehead atoms. The monoisotopic (exact) mass is 368 g/mol. The van der Waals surface area contributed by atoms with Crippen molar-refractivity contribution in [3.8, 4) is 0 Å². The molecule has 1 aliphatic carbocycles. The third-order valence-corrected chi connectivity index (χ3v) is 5.69. The predicted molar refractivity (Wildman–Crippen MR) is 102 cm³/mol. The Morgan fingerprint density at radius 2 is 2.04 bits per heavy atom. The van der Waals surface area contributed by atoms with Gasteiger partial charge in [0.05, 0.1) is 17.7 Å². The number of imidazole rings is 1. The molecule has 3 atom stereocenters. The number of H-pyrrole nitrogens is 1. The maximum Gasteiger partial charge on any atom is 0.268 e. The van der Waals surface area contributed by atoms with Crippen molar-refractivity contribution in [1.29, 1.82) is 0 Å². The van der Waals surface area contributed by atoms with Gasteiger partial charge in [-0.25, -0.2) is 4.98 Å². The number of nitrogens with one attached hydrogen (secondary N) is 3. The molecule has 1 fully saturated rings. The second kappa shape index (κ2) is 6.77. The summed E-state index contributed by atoms with van der Waals surface area (Å²) in [7, 11) is 0. The van der Waals surface area contributed by atoms with Crippen LogP contribution in [0.2, 0.25) is 0 Å². The van der Waals surface area contributed by atoms with E-state index in [1.165, 1.54) is 6.42 Å². The minimum atomic E-state index is -1.55. The highest BCUT2D eigenvalue weighted by molar-refractivity contribution is 6.47. The lowest BCUT2D eigenvalue weighted by Gasteiger charge is -2.31. The summed E-state index contributed by atoms with van der Waals surface area (Å²) < 4.78 is 0. The zero-order chi connectivity index (χ0) is 19.0. The van der Waals surface area contributed by atoms with Gasteiger partial charge in [-0.3, -0.25) is 19.9 Å². The largest absolute Gasteiger partial charge is 0.367 e. The number of hydrogen-bond donors (Lipinski definition) is 4. The first-order valence-electron chi connectivity index (χ1n) is 9.38. The van der Waals surface area contributed by atoms with Crippen LogP contribution in [0.5, 0.6) is 0 Å². The van der Waals surface area contributed by atoms with Gasteiger partial charge in [0.1, 0.15) is 11.5 Å². The van der Waals surface area contributed by atoms with Gasteiger partial charge in [-0.05, 0) is 30.9 Å². The van der Waals surface area contributed by atoms with Crippen molar-refractivity contribution in [2.45, 2.75) is 44.2 Å². The molecule has 1 aliphatic heterocycles. The summed E-state index contributed by atoms with van der Waals surface area (Å²) >= 11 is 0. The molecule has 2 aliphatic rings. The Morgan fingerprint density at radius 1 is 1.26 bits per heavy atom. The second-order valence-electron chi connectivity index (χ2n) is 7.40. The number of rotatable bonds is 4. The van der Waals surface area contributed by atoms with Gasteiger partial charge in [0.25, 0.3) is 11.8 Å². The maximum absolute atomic E-state index is 13.0. The first-order valence-corrected chi connectivity index (χ1v) is 9.38. The molecule has 0 spiro atoms. The van der Waals surface area contributed by atoms with E-state index in [1.54, 1.807) is 0 Å². The van der Waals surface area contributed by atoms with Crippen LogP contribution in [0, 0.1) is 5.92 Å². The first kappa shape index (κ1) is 17.7. The summed E-state index contributed by atoms with van der Waals surface area (Å²) in [5.74, 6) is -0.381. The van der Waals surface area contributed by atoms with E-state index in [4.69, 9.17) is 5.73 Å². The number of fused-ring (bicyclic) bond motifs is 1. The van der Waals surface area contributed by atoms with Crippen molar-refractivity contribution >= 4 is 28.6 Å². The molecule has 2 amide bonds. The average molecular weight is 368 g/mol. The van der Waals surface area contributed by atoms with Gasteiger partial charge in [0.2, 0.25) is 5.54 Å². The number of carbonyl (C=O) groups is 2. The molecule has 3 unspecified atom stereocenters. The molecule has 1 saturated carbocycles. The smallest absolute Gasteiger partial charge is 0.268 e. The standard InChI is InChI=1S/C19H24N6O2/c1-11-6-2-3-7-12(11)23-16(26)15-19(17(20)27,22-10-21-15)18-24-13-8-4-5-9-14(13)25-18/h4-5,8-9,11-12,22H,2-3,6-7,10H2,1H3,(H2,20,27)(H,23,26)(H,24,25). The second-order valence-corrected chi connectivity index (χ2v) is 7.40. The molecule has 8 heteroatoms. The number of nitrogens with two attached hydrogens (primary N) is 1. The van der Waals surface area contributed by atoms with Crippen molar-refractivity contribution in [3.63, 3.8) is 0 Å². The Morgan fingerprint density at radius 3 is 2.78 bits per heavy atom. The van der Waals surface area contributed by atoms with Crippen LogP contribution in [-0.2, 0) is 15.1 Å². The summed E-state index contributed by atoms with van der Waals surface area (Å²) in [6, 6.07) is 7.50. The van der Waals surface area contributed by atoms with Crippen LogP contribution in [0.25, 0.3) is 11.0 Å². The van der Waals surface area contributed by atoms with Crippen molar-refractivity contribution in [1.82, 2.24) is 20.6 Å². The van der Waals surface area contributed by atoms with Crippen LogP contribution in [0.3, 0.4) is 0 Å². The summed E-state index contributed by atoms with van der Waals surface area (Å²) in [5.41, 5.74) is 5.74. The number of hydrogen-bond acceptors (Lipinski definition) is 5. The highest BCUT2D eigenvalue weighted by Crippen LogP contribution is 2.28. The Labute approximate surface area is 157 Å². The number of primary amides is 1. The molecular weight excluding hydrogens is 344 g/mol. The van der Waals surface area contributed by atoms with Crippen molar-refractivity contribution < 1.29 is 9.59 Å². The normalized spacial score (nSPS) is 28.1. The van der Waals surface area contributed by atoms with E-state index in [1.807, 2.05) is 24.3 Å². The van der Waals surface area contributed by atoms with Crippen molar-refractivity contribution in [2.24, 2.45) is 16.6 Å². The number of aliphatic imine (C=N–C) groups is 1. The molecule has 1 aromatic carbocycles. The Kier molecular flexibility index (Phi) is 4.43. The van der Waals surface area contributed by atoms with Gasteiger partial charge in [-0.1, -0.05) is 31.9 Å². The van der Waals surface area contributed by atoms with E-state index < -0.39 is 11.4 Å². The lowest BCUT2D eigenvalue weighted by molar-refractivity contribution is -0.124. The zero-order valence-corrected chi connectivity index (χ0v) is 15.3. The van der Waals surface area contributed by atoms with Gasteiger partial charge in [0, 0.05) is 6.04 Å². The van der Waals surface area contributed by atoms with Crippen LogP contribution in [0.1, 0.15) is 38.4 Å². The topological polar surface area (TPSA) is 125 Å². The molecule has 5 N–H and O–H groups in total. The third kappa shape index (κ3) is 2.90. The number of benzene rings is 1. The number of carbonyl (C=O) groups excluding carboxylic acids is 2. The Hall–Kier alpha value is -2.74. The fourth-order valence-corrected chi connectivity index (χ4v) is 4.10. The van der Waals surface area contributed by atoms with Gasteiger partial charge in [0.15, 0.2) is 0 Å². The predicted octanol–water partition coefficient (Wildman–Crippen LogP) is 0.940. The lowest BCUT2D eigenvalue weighted by Crippen LogP contribution is -2.60. The van der Waals surface area contributed by atoms with Crippen LogP contribution >= 0.6 is 0 Å². The van der Waals surface area contributed by atoms with Crippen LogP contribution < -0.4 is 16.4 Å². The fraction of sp³-hybridized carbons (Fsp3) is 0.474. The van der Waals surface area contributed by atoms with E-state index in [-0.39, 0.29) is 24.3 Å². The van der Waals surface area contributed by atoms with E-state index in [0.717, 1.165) is 24.8 Å². The highest BCUT2D eigenvalue weighted by atomic mass is 16.2. The van der Waals surface area contributed by atoms with Gasteiger partial charge >= 0.3 is 0 Å². The molecular formula is C19H24N6O2. The fourth-order valence-electron chi connectivity index (χ4n) is 4.10. The molecule has 2 heterocycles. The van der Waals surface area contributed by atoms with Crippen molar-refractivity contribution in [2.75, 3.05) is 6.67 Å². The maximum atomic E-state index is 13.0. The molecule has 8 nitrogen and oxygen atoms in total. The summed E-state index contributed by atoms with van der Waals surface area (Å²) in [6.45, 7) is 2.27. The first-order chi connectivity index (χ1) is 13.0. The molecule has 27 heavy (non-hydrogen) atoms. The summed E-state index contributed by atoms with van der Waals surface area (Å²) in [6.07, 6.45) is 4.28. The molecule has 142 valence electrons. The SMILES string of the molecule is CC1CCCCC1NC(=O)C1=NCNC1(C(N)=O)c1nc2ccccc2[nH]1. The highest BCUT2D eigenvalue weighted by Gasteiger charge is 2.52. The molecule has 1 aromatic heterocycles. The molecule has 4 rings (SSSR count). The number of aromatic amines is 1. The number of amides is 2. The minimum Gasteiger partial charge on any atom is -0.367 e. The average Bonchev–Trinajstić information content (AvgIpc) is 3.28. The van der Waals surface area contributed by atoms with Gasteiger partial charge < -0.3 is 16.0 Å². The molecule has 0 radical (unpaired) electrons. The third-order valence-electron chi connectivity index (χ3n) is 5.69. The van der Waals surface area contributed by atoms with E-state index in [0.29, 0.717) is 17.3 Å². The van der Waals surface area contributed by atoms with Crippen LogP contribution in [-0.4, -0.2) is 40.2 Å². The Bertz CT molecular complexity index is 887. The van der Waals surface area contributed by atoms with E-state index in [9.17, 15) is 9.59 Å². The van der Waals surface area contributed by atoms with E-state index in [2.05, 4.69) is 32.5 Å². The number of para-hydroxylation sites is 2. The summed E-state index contributed by atoms with van der Waals surface area (Å²) in [4.78, 5) is 37.5. The zero-order valence-electron chi connectivity index (χ0n) is 15.3. The molecule has 2 aromatic rings. The lowest BCUT2D eigenvalue weighted by atomic mass is 9.85. The quantitative estimate of drug-likeness (QED) is 0.641. The van der Waals surface area contributed by atoms with Crippen LogP contribution in [0.15, 0.2) is 29.3 Å². The minimum absolute atomic E-state index is 0.0758. The summed E-state index contributed by atoms with van der Waals surface area (Å²) in [5, 5.41) is 6.06. The van der Waals surface area contributed by atoms with E-state index >= 15 is 0 Å². The molecule has 0 saturated heterocycles. The Balaban J connectivity index is 1.68. The van der Waals surface area contributed by atoms with Gasteiger partial charge in [-0.15, -0.1) is 0 Å². The number of nitrogens with zero attached hydrogens (tertiary/aromatic N) is 2. The number of aromatic nitrogens is 2.